The molecule has 1 saturated carbocycles. The van der Waals surface area contributed by atoms with Crippen molar-refractivity contribution in [3.05, 3.63) is 0 Å². The number of primary amides is 1. The van der Waals surface area contributed by atoms with Crippen molar-refractivity contribution in [2.45, 2.75) is 45.6 Å². The van der Waals surface area contributed by atoms with E-state index in [1.807, 2.05) is 13.8 Å². The minimum absolute atomic E-state index is 0.0118. The molecule has 0 aromatic carbocycles. The lowest BCUT2D eigenvalue weighted by molar-refractivity contribution is -0.165. The Hall–Kier alpha value is -1.59. The zero-order chi connectivity index (χ0) is 14.9. The van der Waals surface area contributed by atoms with Gasteiger partial charge < -0.3 is 16.0 Å². The third kappa shape index (κ3) is 2.78. The molecule has 1 saturated heterocycles. The molecule has 2 fully saturated rings. The Morgan fingerprint density at radius 1 is 1.40 bits per heavy atom. The first kappa shape index (κ1) is 14.8. The molecular weight excluding hydrogens is 258 g/mol. The van der Waals surface area contributed by atoms with Crippen LogP contribution in [0.5, 0.6) is 0 Å². The number of hydrogen-bond acceptors (Lipinski definition) is 3. The predicted molar refractivity (Wildman–Crippen MR) is 73.4 cm³/mol. The summed E-state index contributed by atoms with van der Waals surface area (Å²) >= 11 is 0. The first-order chi connectivity index (χ1) is 9.34. The molecule has 0 aromatic heterocycles. The molecule has 0 aromatic rings. The second-order valence-corrected chi connectivity index (χ2v) is 6.35. The van der Waals surface area contributed by atoms with Crippen LogP contribution in [0.15, 0.2) is 0 Å². The molecular formula is C14H23N3O3. The van der Waals surface area contributed by atoms with Crippen LogP contribution < -0.4 is 11.1 Å². The van der Waals surface area contributed by atoms with Gasteiger partial charge in [0.15, 0.2) is 0 Å². The highest BCUT2D eigenvalue weighted by molar-refractivity contribution is 5.92. The molecule has 6 nitrogen and oxygen atoms in total. The summed E-state index contributed by atoms with van der Waals surface area (Å²) in [6, 6.07) is 0.175. The number of nitrogens with two attached hydrogens (primary N) is 1. The number of carbonyl (C=O) groups excluding carboxylic acids is 3. The van der Waals surface area contributed by atoms with Crippen molar-refractivity contribution >= 4 is 17.7 Å². The molecule has 112 valence electrons. The van der Waals surface area contributed by atoms with Gasteiger partial charge in [-0.1, -0.05) is 13.8 Å². The van der Waals surface area contributed by atoms with Gasteiger partial charge in [-0.3, -0.25) is 14.4 Å². The molecule has 1 aliphatic carbocycles. The molecule has 3 N–H and O–H groups in total. The van der Waals surface area contributed by atoms with Gasteiger partial charge in [0.1, 0.15) is 0 Å². The third-order valence-electron chi connectivity index (χ3n) is 4.39. The fourth-order valence-corrected chi connectivity index (χ4v) is 3.12. The number of amides is 3. The zero-order valence-corrected chi connectivity index (χ0v) is 12.1. The quantitative estimate of drug-likeness (QED) is 0.711. The number of nitrogens with one attached hydrogen (secondary N) is 1. The lowest BCUT2D eigenvalue weighted by Gasteiger charge is -2.51. The van der Waals surface area contributed by atoms with Crippen LogP contribution in [0.1, 0.15) is 39.5 Å². The van der Waals surface area contributed by atoms with Gasteiger partial charge in [0.25, 0.3) is 0 Å². The van der Waals surface area contributed by atoms with Crippen LogP contribution in [0.4, 0.5) is 0 Å². The molecule has 0 radical (unpaired) electrons. The highest BCUT2D eigenvalue weighted by Gasteiger charge is 2.53. The smallest absolute Gasteiger partial charge is 0.237 e. The van der Waals surface area contributed by atoms with E-state index in [1.165, 1.54) is 4.90 Å². The third-order valence-corrected chi connectivity index (χ3v) is 4.39. The van der Waals surface area contributed by atoms with E-state index in [2.05, 4.69) is 5.32 Å². The van der Waals surface area contributed by atoms with Crippen LogP contribution in [0.25, 0.3) is 0 Å². The molecule has 3 amide bonds. The molecule has 2 rings (SSSR count). The average Bonchev–Trinajstić information content (AvgIpc) is 2.39. The van der Waals surface area contributed by atoms with Gasteiger partial charge in [-0.25, -0.2) is 0 Å². The van der Waals surface area contributed by atoms with Gasteiger partial charge in [-0.15, -0.1) is 0 Å². The van der Waals surface area contributed by atoms with Gasteiger partial charge in [0.05, 0.1) is 12.0 Å². The monoisotopic (exact) mass is 281 g/mol. The fraction of sp³-hybridized carbons (Fsp3) is 0.786. The van der Waals surface area contributed by atoms with E-state index in [1.54, 1.807) is 0 Å². The van der Waals surface area contributed by atoms with Crippen molar-refractivity contribution in [3.8, 4) is 0 Å². The molecule has 20 heavy (non-hydrogen) atoms. The summed E-state index contributed by atoms with van der Waals surface area (Å²) in [5.41, 5.74) is 4.81. The minimum Gasteiger partial charge on any atom is -0.368 e. The Morgan fingerprint density at radius 3 is 2.45 bits per heavy atom. The van der Waals surface area contributed by atoms with E-state index in [0.717, 1.165) is 25.7 Å². The van der Waals surface area contributed by atoms with Crippen LogP contribution >= 0.6 is 0 Å². The Kier molecular flexibility index (Phi) is 4.01. The highest BCUT2D eigenvalue weighted by Crippen LogP contribution is 2.44. The van der Waals surface area contributed by atoms with Crippen LogP contribution in [-0.2, 0) is 14.4 Å². The Labute approximate surface area is 119 Å². The van der Waals surface area contributed by atoms with Crippen molar-refractivity contribution in [2.24, 2.45) is 17.1 Å². The van der Waals surface area contributed by atoms with Crippen molar-refractivity contribution in [1.82, 2.24) is 10.2 Å². The summed E-state index contributed by atoms with van der Waals surface area (Å²) in [6.07, 6.45) is 3.22. The summed E-state index contributed by atoms with van der Waals surface area (Å²) in [4.78, 5) is 36.2. The minimum atomic E-state index is -0.467. The lowest BCUT2D eigenvalue weighted by atomic mass is 9.66. The second kappa shape index (κ2) is 5.42. The maximum Gasteiger partial charge on any atom is 0.237 e. The van der Waals surface area contributed by atoms with Gasteiger partial charge in [0, 0.05) is 18.5 Å². The summed E-state index contributed by atoms with van der Waals surface area (Å²) in [5.74, 6) is -0.362. The zero-order valence-electron chi connectivity index (χ0n) is 12.1. The molecule has 1 aliphatic heterocycles. The van der Waals surface area contributed by atoms with Gasteiger partial charge >= 0.3 is 0 Å². The van der Waals surface area contributed by atoms with E-state index in [4.69, 9.17) is 5.73 Å². The van der Waals surface area contributed by atoms with Crippen molar-refractivity contribution in [3.63, 3.8) is 0 Å². The molecule has 0 bridgehead atoms. The molecule has 0 atom stereocenters. The number of nitrogens with zero attached hydrogens (tertiary/aromatic N) is 1. The van der Waals surface area contributed by atoms with E-state index >= 15 is 0 Å². The van der Waals surface area contributed by atoms with E-state index < -0.39 is 5.91 Å². The van der Waals surface area contributed by atoms with Crippen molar-refractivity contribution < 1.29 is 14.4 Å². The average molecular weight is 281 g/mol. The van der Waals surface area contributed by atoms with E-state index in [-0.39, 0.29) is 35.7 Å². The predicted octanol–water partition coefficient (Wildman–Crippen LogP) is 0.0151. The SMILES string of the molecule is CC(C)C(=O)NC1CCC2(CC1)CN(CC(N)=O)C2=O. The van der Waals surface area contributed by atoms with Gasteiger partial charge in [-0.2, -0.15) is 0 Å². The first-order valence-electron chi connectivity index (χ1n) is 7.22. The highest BCUT2D eigenvalue weighted by atomic mass is 16.2. The van der Waals surface area contributed by atoms with Crippen LogP contribution in [-0.4, -0.2) is 41.8 Å². The molecule has 6 heteroatoms. The van der Waals surface area contributed by atoms with Gasteiger partial charge in [-0.05, 0) is 25.7 Å². The topological polar surface area (TPSA) is 92.5 Å². The molecule has 1 heterocycles. The Bertz CT molecular complexity index is 425. The van der Waals surface area contributed by atoms with E-state index in [0.29, 0.717) is 6.54 Å². The summed E-state index contributed by atoms with van der Waals surface area (Å²) in [6.45, 7) is 4.39. The lowest BCUT2D eigenvalue weighted by Crippen LogP contribution is -2.64. The number of carbonyl (C=O) groups is 3. The maximum atomic E-state index is 12.1. The number of likely N-dealkylation sites (tertiary alicyclic amines) is 1. The standard InChI is InChI=1S/C14H23N3O3/c1-9(2)12(19)16-10-3-5-14(6-4-10)8-17(13(14)20)7-11(15)18/h9-10H,3-8H2,1-2H3,(H2,15,18)(H,16,19). The summed E-state index contributed by atoms with van der Waals surface area (Å²) < 4.78 is 0. The number of hydrogen-bond donors (Lipinski definition) is 2. The van der Waals surface area contributed by atoms with Crippen molar-refractivity contribution in [1.29, 1.82) is 0 Å². The first-order valence-corrected chi connectivity index (χ1v) is 7.22. The van der Waals surface area contributed by atoms with Crippen LogP contribution in [0.3, 0.4) is 0 Å². The van der Waals surface area contributed by atoms with Crippen molar-refractivity contribution in [2.75, 3.05) is 13.1 Å². The van der Waals surface area contributed by atoms with Crippen LogP contribution in [0, 0.1) is 11.3 Å². The number of β-lactam (4-membered cyclic amide) rings is 1. The normalized spacial score (nSPS) is 29.4. The van der Waals surface area contributed by atoms with E-state index in [9.17, 15) is 14.4 Å². The molecule has 2 aliphatic rings. The largest absolute Gasteiger partial charge is 0.368 e. The van der Waals surface area contributed by atoms with Gasteiger partial charge in [0.2, 0.25) is 17.7 Å². The summed E-state index contributed by atoms with van der Waals surface area (Å²) in [7, 11) is 0. The maximum absolute atomic E-state index is 12.1. The Balaban J connectivity index is 1.82. The molecule has 0 unspecified atom stereocenters. The number of rotatable bonds is 4. The van der Waals surface area contributed by atoms with Crippen LogP contribution in [0.2, 0.25) is 0 Å². The fourth-order valence-electron chi connectivity index (χ4n) is 3.12. The Morgan fingerprint density at radius 2 is 2.00 bits per heavy atom. The second-order valence-electron chi connectivity index (χ2n) is 6.35. The molecule has 1 spiro atoms. The summed E-state index contributed by atoms with van der Waals surface area (Å²) in [5, 5.41) is 3.02.